The molecule has 5 fully saturated rings. The first-order chi connectivity index (χ1) is 29.2. The van der Waals surface area contributed by atoms with Gasteiger partial charge in [-0.3, -0.25) is 39.4 Å². The van der Waals surface area contributed by atoms with Crippen molar-refractivity contribution in [1.82, 2.24) is 35.3 Å². The zero-order chi connectivity index (χ0) is 41.0. The summed E-state index contributed by atoms with van der Waals surface area (Å²) in [6, 6.07) is 12.6. The second-order valence-corrected chi connectivity index (χ2v) is 18.0. The van der Waals surface area contributed by atoms with Gasteiger partial charge >= 0.3 is 0 Å². The van der Waals surface area contributed by atoms with Gasteiger partial charge in [0.15, 0.2) is 0 Å². The van der Waals surface area contributed by atoms with E-state index >= 15 is 0 Å². The van der Waals surface area contributed by atoms with Crippen LogP contribution in [-0.2, 0) is 14.3 Å². The maximum absolute atomic E-state index is 13.3. The van der Waals surface area contributed by atoms with Crippen molar-refractivity contribution in [3.05, 3.63) is 59.9 Å². The van der Waals surface area contributed by atoms with Gasteiger partial charge < -0.3 is 19.3 Å². The molecule has 15 nitrogen and oxygen atoms in total. The number of carbonyl (C=O) groups excluding carboxylic acids is 4. The topological polar surface area (TPSA) is 166 Å². The van der Waals surface area contributed by atoms with Gasteiger partial charge in [-0.25, -0.2) is 9.97 Å². The van der Waals surface area contributed by atoms with Crippen molar-refractivity contribution in [3.63, 3.8) is 0 Å². The number of aromatic amines is 1. The molecule has 4 amide bonds. The lowest BCUT2D eigenvalue weighted by atomic mass is 9.86. The molecule has 1 unspecified atom stereocenters. The zero-order valence-electron chi connectivity index (χ0n) is 34.2. The van der Waals surface area contributed by atoms with Gasteiger partial charge in [0.2, 0.25) is 11.8 Å². The summed E-state index contributed by atoms with van der Waals surface area (Å²) >= 11 is 0. The highest BCUT2D eigenvalue weighted by atomic mass is 16.5. The number of anilines is 2. The van der Waals surface area contributed by atoms with Gasteiger partial charge in [0.25, 0.3) is 11.8 Å². The standard InChI is InChI=1S/C45H53N9O6/c1-45(14-15-45)60-32-7-9-36-35(23-32)41(50-49-36)37-24-39(47-27-46-37)53-16-12-29(13-17-53)26-59-31-5-2-28(3-6-31)25-51-18-20-52(21-19-51)30-4-8-33-34(22-30)44(58)54(43(33)57)38-10-11-40(55)48-42(38)56/h4,7-9,22-24,27-29,31,38H,2-3,5-6,10-21,25-26H2,1H3,(H,49,50)(H,48,55,56)/t28-,31-,38?. The third kappa shape index (κ3) is 7.84. The number of H-pyrrole nitrogens is 1. The van der Waals surface area contributed by atoms with Crippen LogP contribution in [0.25, 0.3) is 22.3 Å². The molecular weight excluding hydrogens is 763 g/mol. The quantitative estimate of drug-likeness (QED) is 0.196. The van der Waals surface area contributed by atoms with E-state index in [0.717, 1.165) is 135 Å². The largest absolute Gasteiger partial charge is 0.488 e. The van der Waals surface area contributed by atoms with E-state index in [2.05, 4.69) is 59.2 Å². The number of carbonyl (C=O) groups is 4. The van der Waals surface area contributed by atoms with Crippen molar-refractivity contribution >= 4 is 46.0 Å². The number of amides is 4. The molecule has 60 heavy (non-hydrogen) atoms. The average molecular weight is 816 g/mol. The highest BCUT2D eigenvalue weighted by Crippen LogP contribution is 2.41. The first-order valence-electron chi connectivity index (χ1n) is 21.9. The summed E-state index contributed by atoms with van der Waals surface area (Å²) in [7, 11) is 0. The van der Waals surface area contributed by atoms with Crippen molar-refractivity contribution in [2.24, 2.45) is 11.8 Å². The minimum absolute atomic E-state index is 0.0452. The van der Waals surface area contributed by atoms with E-state index < -0.39 is 23.8 Å². The molecule has 3 saturated heterocycles. The van der Waals surface area contributed by atoms with Crippen LogP contribution in [0.5, 0.6) is 5.75 Å². The Morgan fingerprint density at radius 1 is 0.783 bits per heavy atom. The SMILES string of the molecule is CC1(Oc2ccc3n[nH]c(-c4cc(N5CCC(CO[C@H]6CC[C@H](CN7CCN(c8ccc9c(c8)C(=O)N(C8CCC(=O)NC8=O)C9=O)CC7)CC6)CC5)ncn4)c3c2)CC1. The van der Waals surface area contributed by atoms with Crippen molar-refractivity contribution in [2.45, 2.75) is 88.9 Å². The Morgan fingerprint density at radius 3 is 2.33 bits per heavy atom. The highest BCUT2D eigenvalue weighted by molar-refractivity contribution is 6.23. The Balaban J connectivity index is 0.649. The Kier molecular flexibility index (Phi) is 10.3. The monoisotopic (exact) mass is 815 g/mol. The number of imide groups is 2. The predicted octanol–water partition coefficient (Wildman–Crippen LogP) is 4.97. The first kappa shape index (κ1) is 38.8. The minimum atomic E-state index is -0.957. The van der Waals surface area contributed by atoms with Gasteiger partial charge in [0.1, 0.15) is 29.5 Å². The summed E-state index contributed by atoms with van der Waals surface area (Å²) in [4.78, 5) is 68.0. The summed E-state index contributed by atoms with van der Waals surface area (Å²) in [5, 5.41) is 11.0. The Morgan fingerprint density at radius 2 is 1.57 bits per heavy atom. The maximum atomic E-state index is 13.3. The van der Waals surface area contributed by atoms with Crippen molar-refractivity contribution in [1.29, 1.82) is 0 Å². The molecule has 4 aromatic rings. The fourth-order valence-electron chi connectivity index (χ4n) is 9.76. The summed E-state index contributed by atoms with van der Waals surface area (Å²) in [6.07, 6.45) is 11.2. The van der Waals surface area contributed by atoms with Crippen LogP contribution in [0.2, 0.25) is 0 Å². The Bertz CT molecular complexity index is 2300. The van der Waals surface area contributed by atoms with Gasteiger partial charge in [-0.15, -0.1) is 0 Å². The summed E-state index contributed by atoms with van der Waals surface area (Å²) in [6.45, 7) is 9.50. The van der Waals surface area contributed by atoms with Gasteiger partial charge in [0, 0.05) is 76.0 Å². The molecular formula is C45H53N9O6. The van der Waals surface area contributed by atoms with Crippen LogP contribution in [0, 0.1) is 11.8 Å². The fourth-order valence-corrected chi connectivity index (χ4v) is 9.76. The number of rotatable bonds is 11. The van der Waals surface area contributed by atoms with Crippen LogP contribution in [-0.4, -0.2) is 124 Å². The molecule has 0 radical (unpaired) electrons. The van der Waals surface area contributed by atoms with E-state index in [4.69, 9.17) is 9.47 Å². The lowest BCUT2D eigenvalue weighted by Crippen LogP contribution is -2.54. The van der Waals surface area contributed by atoms with E-state index in [-0.39, 0.29) is 24.3 Å². The number of benzene rings is 2. The second kappa shape index (κ2) is 15.9. The molecule has 15 heteroatoms. The molecule has 10 rings (SSSR count). The molecule has 2 saturated carbocycles. The Labute approximate surface area is 349 Å². The zero-order valence-corrected chi connectivity index (χ0v) is 34.2. The number of nitrogens with zero attached hydrogens (tertiary/aromatic N) is 7. The predicted molar refractivity (Wildman–Crippen MR) is 224 cm³/mol. The number of fused-ring (bicyclic) bond motifs is 2. The first-order valence-corrected chi connectivity index (χ1v) is 21.9. The van der Waals surface area contributed by atoms with Crippen molar-refractivity contribution in [3.8, 4) is 17.1 Å². The minimum Gasteiger partial charge on any atom is -0.488 e. The second-order valence-electron chi connectivity index (χ2n) is 18.0. The molecule has 1 atom stereocenters. The molecule has 6 aliphatic rings. The molecule has 0 spiro atoms. The van der Waals surface area contributed by atoms with Crippen LogP contribution in [0.4, 0.5) is 11.5 Å². The lowest BCUT2D eigenvalue weighted by Gasteiger charge is -2.39. The van der Waals surface area contributed by atoms with Crippen molar-refractivity contribution < 1.29 is 28.7 Å². The number of piperidine rings is 2. The van der Waals surface area contributed by atoms with E-state index in [1.54, 1.807) is 18.5 Å². The number of hydrogen-bond acceptors (Lipinski definition) is 12. The molecule has 2 aromatic heterocycles. The lowest BCUT2D eigenvalue weighted by molar-refractivity contribution is -0.136. The number of nitrogens with one attached hydrogen (secondary N) is 2. The average Bonchev–Trinajstić information content (AvgIpc) is 3.75. The van der Waals surface area contributed by atoms with Crippen LogP contribution < -0.4 is 19.9 Å². The third-order valence-electron chi connectivity index (χ3n) is 13.7. The van der Waals surface area contributed by atoms with Crippen LogP contribution in [0.3, 0.4) is 0 Å². The summed E-state index contributed by atoms with van der Waals surface area (Å²) < 4.78 is 12.8. The smallest absolute Gasteiger partial charge is 0.262 e. The molecule has 6 heterocycles. The van der Waals surface area contributed by atoms with Crippen LogP contribution in [0.1, 0.15) is 91.8 Å². The van der Waals surface area contributed by atoms with Gasteiger partial charge in [0.05, 0.1) is 34.1 Å². The van der Waals surface area contributed by atoms with Gasteiger partial charge in [-0.1, -0.05) is 0 Å². The van der Waals surface area contributed by atoms with E-state index in [9.17, 15) is 19.2 Å². The van der Waals surface area contributed by atoms with Crippen molar-refractivity contribution in [2.75, 3.05) is 62.2 Å². The van der Waals surface area contributed by atoms with E-state index in [1.165, 1.54) is 12.8 Å². The number of piperazine rings is 1. The van der Waals surface area contributed by atoms with Gasteiger partial charge in [-0.2, -0.15) is 5.10 Å². The fraction of sp³-hybridized carbons (Fsp3) is 0.533. The summed E-state index contributed by atoms with van der Waals surface area (Å²) in [5.41, 5.74) is 4.11. The molecule has 4 aliphatic heterocycles. The van der Waals surface area contributed by atoms with E-state index in [1.807, 2.05) is 18.2 Å². The third-order valence-corrected chi connectivity index (χ3v) is 13.7. The number of aromatic nitrogens is 4. The van der Waals surface area contributed by atoms with Crippen LogP contribution >= 0.6 is 0 Å². The van der Waals surface area contributed by atoms with Gasteiger partial charge in [-0.05, 0) is 113 Å². The van der Waals surface area contributed by atoms with Crippen LogP contribution in [0.15, 0.2) is 48.8 Å². The normalized spacial score (nSPS) is 24.9. The van der Waals surface area contributed by atoms with E-state index in [0.29, 0.717) is 29.1 Å². The molecule has 2 aliphatic carbocycles. The Hall–Kier alpha value is -5.41. The molecule has 0 bridgehead atoms. The molecule has 2 aromatic carbocycles. The number of ether oxygens (including phenoxy) is 2. The molecule has 2 N–H and O–H groups in total. The highest BCUT2D eigenvalue weighted by Gasteiger charge is 2.45. The molecule has 314 valence electrons. The maximum Gasteiger partial charge on any atom is 0.262 e. The number of hydrogen-bond donors (Lipinski definition) is 2. The summed E-state index contributed by atoms with van der Waals surface area (Å²) in [5.74, 6) is 1.11.